The van der Waals surface area contributed by atoms with E-state index in [2.05, 4.69) is 64.9 Å². The average molecular weight is 268 g/mol. The van der Waals surface area contributed by atoms with Crippen molar-refractivity contribution in [3.63, 3.8) is 0 Å². The molecule has 0 unspecified atom stereocenters. The molecule has 3 heteroatoms. The second kappa shape index (κ2) is 5.33. The lowest BCUT2D eigenvalue weighted by molar-refractivity contribution is 1.08. The summed E-state index contributed by atoms with van der Waals surface area (Å²) in [6.07, 6.45) is 4.12. The van der Waals surface area contributed by atoms with Crippen LogP contribution < -0.4 is 5.32 Å². The zero-order valence-corrected chi connectivity index (χ0v) is 11.7. The topological polar surface area (TPSA) is 17.0 Å². The molecule has 0 radical (unpaired) electrons. The highest BCUT2D eigenvalue weighted by Gasteiger charge is 2.01. The van der Waals surface area contributed by atoms with E-state index in [-0.39, 0.29) is 0 Å². The van der Waals surface area contributed by atoms with Crippen molar-refractivity contribution < 1.29 is 0 Å². The van der Waals surface area contributed by atoms with E-state index in [1.807, 2.05) is 12.1 Å². The molecule has 2 nitrogen and oxygen atoms in total. The molecule has 2 aromatic heterocycles. The Morgan fingerprint density at radius 1 is 1.11 bits per heavy atom. The van der Waals surface area contributed by atoms with Gasteiger partial charge in [-0.1, -0.05) is 6.07 Å². The van der Waals surface area contributed by atoms with Gasteiger partial charge in [-0.3, -0.25) is 0 Å². The lowest BCUT2D eigenvalue weighted by Crippen LogP contribution is -1.99. The number of rotatable bonds is 4. The molecule has 0 aliphatic carbocycles. The highest BCUT2D eigenvalue weighted by Crippen LogP contribution is 2.19. The van der Waals surface area contributed by atoms with Gasteiger partial charge in [0.1, 0.15) is 0 Å². The number of anilines is 1. The van der Waals surface area contributed by atoms with Crippen LogP contribution in [0, 0.1) is 6.92 Å². The molecule has 96 valence electrons. The number of aryl methyl sites for hydroxylation is 1. The maximum absolute atomic E-state index is 3.49. The zero-order valence-electron chi connectivity index (χ0n) is 10.8. The van der Waals surface area contributed by atoms with Crippen molar-refractivity contribution in [2.45, 2.75) is 13.5 Å². The van der Waals surface area contributed by atoms with Crippen LogP contribution in [0.1, 0.15) is 10.4 Å². The van der Waals surface area contributed by atoms with Gasteiger partial charge in [0.15, 0.2) is 0 Å². The second-order valence-electron chi connectivity index (χ2n) is 4.52. The fraction of sp³-hybridized carbons (Fsp3) is 0.125. The summed E-state index contributed by atoms with van der Waals surface area (Å²) in [6.45, 7) is 3.04. The fourth-order valence-electron chi connectivity index (χ4n) is 2.05. The second-order valence-corrected chi connectivity index (χ2v) is 5.52. The number of hydrogen-bond donors (Lipinski definition) is 1. The lowest BCUT2D eigenvalue weighted by atomic mass is 10.2. The minimum Gasteiger partial charge on any atom is -0.380 e. The van der Waals surface area contributed by atoms with Crippen LogP contribution >= 0.6 is 11.3 Å². The van der Waals surface area contributed by atoms with E-state index < -0.39 is 0 Å². The third-order valence-corrected chi connectivity index (χ3v) is 4.19. The van der Waals surface area contributed by atoms with Crippen LogP contribution in [0.5, 0.6) is 0 Å². The molecule has 0 aliphatic heterocycles. The monoisotopic (exact) mass is 268 g/mol. The number of benzene rings is 1. The van der Waals surface area contributed by atoms with E-state index in [1.165, 1.54) is 16.1 Å². The van der Waals surface area contributed by atoms with Gasteiger partial charge in [-0.2, -0.15) is 0 Å². The Morgan fingerprint density at radius 3 is 2.68 bits per heavy atom. The lowest BCUT2D eigenvalue weighted by Gasteiger charge is -2.09. The van der Waals surface area contributed by atoms with Crippen molar-refractivity contribution >= 4 is 17.0 Å². The molecular formula is C16H16N2S. The highest BCUT2D eigenvalue weighted by atomic mass is 32.1. The van der Waals surface area contributed by atoms with Crippen molar-refractivity contribution in [2.24, 2.45) is 0 Å². The molecule has 1 N–H and O–H groups in total. The van der Waals surface area contributed by atoms with Crippen LogP contribution in [-0.2, 0) is 6.54 Å². The predicted molar refractivity (Wildman–Crippen MR) is 82.2 cm³/mol. The smallest absolute Gasteiger partial charge is 0.0496 e. The number of aromatic nitrogens is 1. The summed E-state index contributed by atoms with van der Waals surface area (Å²) < 4.78 is 2.11. The maximum atomic E-state index is 3.49. The fourth-order valence-corrected chi connectivity index (χ4v) is 2.90. The molecule has 3 rings (SSSR count). The number of nitrogens with one attached hydrogen (secondary N) is 1. The molecule has 0 spiro atoms. The standard InChI is InChI=1S/C16H16N2S/c1-13-7-10-19-16(13)12-17-14-5-4-6-15(11-14)18-8-2-3-9-18/h2-11,17H,12H2,1H3. The van der Waals surface area contributed by atoms with Gasteiger partial charge in [0, 0.05) is 35.2 Å². The van der Waals surface area contributed by atoms with Gasteiger partial charge in [0.2, 0.25) is 0 Å². The van der Waals surface area contributed by atoms with Crippen LogP contribution in [0.25, 0.3) is 5.69 Å². The van der Waals surface area contributed by atoms with Gasteiger partial charge in [-0.05, 0) is 54.3 Å². The molecule has 0 fully saturated rings. The van der Waals surface area contributed by atoms with Crippen molar-refractivity contribution in [2.75, 3.05) is 5.32 Å². The van der Waals surface area contributed by atoms with Crippen LogP contribution in [0.4, 0.5) is 5.69 Å². The highest BCUT2D eigenvalue weighted by molar-refractivity contribution is 7.10. The van der Waals surface area contributed by atoms with E-state index in [4.69, 9.17) is 0 Å². The third kappa shape index (κ3) is 2.71. The Balaban J connectivity index is 1.75. The van der Waals surface area contributed by atoms with Crippen LogP contribution in [0.2, 0.25) is 0 Å². The minimum absolute atomic E-state index is 0.888. The molecule has 3 aromatic rings. The largest absolute Gasteiger partial charge is 0.380 e. The molecule has 1 aromatic carbocycles. The Labute approximate surface area is 117 Å². The average Bonchev–Trinajstić information content (AvgIpc) is 3.08. The van der Waals surface area contributed by atoms with Crippen molar-refractivity contribution in [3.8, 4) is 5.69 Å². The van der Waals surface area contributed by atoms with Crippen LogP contribution in [-0.4, -0.2) is 4.57 Å². The Morgan fingerprint density at radius 2 is 1.95 bits per heavy atom. The van der Waals surface area contributed by atoms with Crippen molar-refractivity contribution in [1.82, 2.24) is 4.57 Å². The Hall–Kier alpha value is -2.00. The summed E-state index contributed by atoms with van der Waals surface area (Å²) >= 11 is 1.80. The summed E-state index contributed by atoms with van der Waals surface area (Å²) in [7, 11) is 0. The summed E-state index contributed by atoms with van der Waals surface area (Å²) in [6, 6.07) is 14.7. The van der Waals surface area contributed by atoms with Gasteiger partial charge >= 0.3 is 0 Å². The SMILES string of the molecule is Cc1ccsc1CNc1cccc(-n2cccc2)c1. The summed E-state index contributed by atoms with van der Waals surface area (Å²) in [5.74, 6) is 0. The molecule has 0 atom stereocenters. The molecule has 0 bridgehead atoms. The van der Waals surface area contributed by atoms with E-state index >= 15 is 0 Å². The first-order valence-electron chi connectivity index (χ1n) is 6.33. The van der Waals surface area contributed by atoms with E-state index in [0.717, 1.165) is 12.2 Å². The first-order valence-corrected chi connectivity index (χ1v) is 7.21. The molecule has 0 aliphatic rings. The normalized spacial score (nSPS) is 10.6. The molecular weight excluding hydrogens is 252 g/mol. The van der Waals surface area contributed by atoms with Crippen molar-refractivity contribution in [1.29, 1.82) is 0 Å². The Kier molecular flexibility index (Phi) is 3.38. The van der Waals surface area contributed by atoms with Crippen molar-refractivity contribution in [3.05, 3.63) is 70.7 Å². The molecule has 0 saturated carbocycles. The minimum atomic E-state index is 0.888. The van der Waals surface area contributed by atoms with Gasteiger partial charge < -0.3 is 9.88 Å². The van der Waals surface area contributed by atoms with Crippen LogP contribution in [0.3, 0.4) is 0 Å². The van der Waals surface area contributed by atoms with E-state index in [9.17, 15) is 0 Å². The maximum Gasteiger partial charge on any atom is 0.0496 e. The predicted octanol–water partition coefficient (Wildman–Crippen LogP) is 4.46. The first-order chi connectivity index (χ1) is 9.33. The van der Waals surface area contributed by atoms with E-state index in [0.29, 0.717) is 0 Å². The number of hydrogen-bond acceptors (Lipinski definition) is 2. The zero-order chi connectivity index (χ0) is 13.1. The third-order valence-electron chi connectivity index (χ3n) is 3.17. The van der Waals surface area contributed by atoms with Gasteiger partial charge in [-0.25, -0.2) is 0 Å². The number of thiophene rings is 1. The van der Waals surface area contributed by atoms with Gasteiger partial charge in [0.25, 0.3) is 0 Å². The molecule has 0 saturated heterocycles. The molecule has 2 heterocycles. The number of nitrogens with zero attached hydrogens (tertiary/aromatic N) is 1. The van der Waals surface area contributed by atoms with Gasteiger partial charge in [0.05, 0.1) is 0 Å². The van der Waals surface area contributed by atoms with E-state index in [1.54, 1.807) is 11.3 Å². The van der Waals surface area contributed by atoms with Gasteiger partial charge in [-0.15, -0.1) is 11.3 Å². The molecule has 19 heavy (non-hydrogen) atoms. The summed E-state index contributed by atoms with van der Waals surface area (Å²) in [5.41, 5.74) is 3.69. The quantitative estimate of drug-likeness (QED) is 0.739. The van der Waals surface area contributed by atoms with Crippen LogP contribution in [0.15, 0.2) is 60.2 Å². The first kappa shape index (κ1) is 12.1. The summed E-state index contributed by atoms with van der Waals surface area (Å²) in [5, 5.41) is 5.63. The Bertz CT molecular complexity index is 653. The summed E-state index contributed by atoms with van der Waals surface area (Å²) in [4.78, 5) is 1.39. The molecule has 0 amide bonds.